The predicted molar refractivity (Wildman–Crippen MR) is 99.5 cm³/mol. The molecule has 2 aromatic rings. The summed E-state index contributed by atoms with van der Waals surface area (Å²) in [6.07, 6.45) is 2.56. The van der Waals surface area contributed by atoms with Crippen LogP contribution in [-0.4, -0.2) is 40.4 Å². The summed E-state index contributed by atoms with van der Waals surface area (Å²) in [5.41, 5.74) is 0.0925. The second-order valence-corrected chi connectivity index (χ2v) is 6.13. The summed E-state index contributed by atoms with van der Waals surface area (Å²) in [6, 6.07) is 6.59. The quantitative estimate of drug-likeness (QED) is 0.452. The molecule has 2 heterocycles. The van der Waals surface area contributed by atoms with Crippen LogP contribution in [-0.2, 0) is 9.59 Å². The van der Waals surface area contributed by atoms with E-state index in [-0.39, 0.29) is 28.5 Å². The van der Waals surface area contributed by atoms with E-state index in [1.807, 2.05) is 0 Å². The van der Waals surface area contributed by atoms with Crippen LogP contribution in [0.1, 0.15) is 16.1 Å². The molecular formula is C19H13ClN2O6. The van der Waals surface area contributed by atoms with Crippen molar-refractivity contribution in [1.82, 2.24) is 10.2 Å². The fraction of sp³-hybridized carbons (Fsp3) is 0.0526. The van der Waals surface area contributed by atoms with E-state index in [1.54, 1.807) is 12.1 Å². The van der Waals surface area contributed by atoms with E-state index in [9.17, 15) is 19.2 Å². The fourth-order valence-corrected chi connectivity index (χ4v) is 2.76. The number of nitrogens with zero attached hydrogens (tertiary/aromatic N) is 1. The number of amides is 4. The van der Waals surface area contributed by atoms with Gasteiger partial charge in [0.05, 0.1) is 10.6 Å². The lowest BCUT2D eigenvalue weighted by atomic mass is 10.1. The van der Waals surface area contributed by atoms with Crippen molar-refractivity contribution in [2.75, 3.05) is 6.54 Å². The molecule has 0 saturated carbocycles. The molecule has 0 aliphatic carbocycles. The molecule has 9 heteroatoms. The molecule has 1 aromatic heterocycles. The molecule has 3 rings (SSSR count). The minimum Gasteiger partial charge on any atom is -0.478 e. The van der Waals surface area contributed by atoms with Crippen molar-refractivity contribution in [1.29, 1.82) is 0 Å². The standard InChI is InChI=1S/C19H13ClN2O6/c1-2-7-22-17(24)13(16(23)21-19(22)27)9-11-4-6-15(28-11)10-3-5-14(20)12(8-10)18(25)26/h2-6,8-9H,1,7H2,(H,25,26)(H,21,23,27). The first-order valence-corrected chi connectivity index (χ1v) is 8.32. The summed E-state index contributed by atoms with van der Waals surface area (Å²) >= 11 is 5.85. The highest BCUT2D eigenvalue weighted by Crippen LogP contribution is 2.28. The van der Waals surface area contributed by atoms with Crippen molar-refractivity contribution in [2.24, 2.45) is 0 Å². The maximum absolute atomic E-state index is 12.4. The van der Waals surface area contributed by atoms with E-state index >= 15 is 0 Å². The molecule has 1 aliphatic heterocycles. The van der Waals surface area contributed by atoms with Crippen LogP contribution < -0.4 is 5.32 Å². The third-order valence-electron chi connectivity index (χ3n) is 3.89. The van der Waals surface area contributed by atoms with Gasteiger partial charge in [-0.1, -0.05) is 17.7 Å². The van der Waals surface area contributed by atoms with Gasteiger partial charge >= 0.3 is 12.0 Å². The highest BCUT2D eigenvalue weighted by molar-refractivity contribution is 6.33. The zero-order chi connectivity index (χ0) is 20.4. The first-order chi connectivity index (χ1) is 13.3. The number of halogens is 1. The van der Waals surface area contributed by atoms with Gasteiger partial charge in [0.15, 0.2) is 0 Å². The predicted octanol–water partition coefficient (Wildman–Crippen LogP) is 2.95. The van der Waals surface area contributed by atoms with Gasteiger partial charge in [-0.25, -0.2) is 9.59 Å². The van der Waals surface area contributed by atoms with Gasteiger partial charge in [0, 0.05) is 12.1 Å². The van der Waals surface area contributed by atoms with Crippen LogP contribution in [0.15, 0.2) is 53.0 Å². The average Bonchev–Trinajstić information content (AvgIpc) is 3.11. The Kier molecular flexibility index (Phi) is 5.14. The third kappa shape index (κ3) is 3.58. The van der Waals surface area contributed by atoms with Crippen molar-refractivity contribution >= 4 is 41.5 Å². The van der Waals surface area contributed by atoms with E-state index in [1.165, 1.54) is 30.4 Å². The molecule has 0 bridgehead atoms. The number of carbonyl (C=O) groups is 4. The largest absolute Gasteiger partial charge is 0.478 e. The number of furan rings is 1. The zero-order valence-electron chi connectivity index (χ0n) is 14.3. The van der Waals surface area contributed by atoms with E-state index < -0.39 is 23.8 Å². The smallest absolute Gasteiger partial charge is 0.337 e. The van der Waals surface area contributed by atoms with Gasteiger partial charge in [-0.2, -0.15) is 0 Å². The summed E-state index contributed by atoms with van der Waals surface area (Å²) in [6.45, 7) is 3.41. The Morgan fingerprint density at radius 1 is 1.25 bits per heavy atom. The van der Waals surface area contributed by atoms with E-state index in [4.69, 9.17) is 21.1 Å². The molecule has 1 aliphatic rings. The SMILES string of the molecule is C=CCN1C(=O)NC(=O)C(=Cc2ccc(-c3ccc(Cl)c(C(=O)O)c3)o2)C1=O. The first kappa shape index (κ1) is 19.1. The van der Waals surface area contributed by atoms with Gasteiger partial charge in [-0.3, -0.25) is 19.8 Å². The molecule has 1 fully saturated rings. The summed E-state index contributed by atoms with van der Waals surface area (Å²) < 4.78 is 5.60. The molecule has 1 saturated heterocycles. The Labute approximate surface area is 163 Å². The van der Waals surface area contributed by atoms with E-state index in [0.717, 1.165) is 4.90 Å². The van der Waals surface area contributed by atoms with Crippen LogP contribution in [0.25, 0.3) is 17.4 Å². The monoisotopic (exact) mass is 400 g/mol. The van der Waals surface area contributed by atoms with Crippen LogP contribution >= 0.6 is 11.6 Å². The van der Waals surface area contributed by atoms with Crippen LogP contribution in [0.4, 0.5) is 4.79 Å². The van der Waals surface area contributed by atoms with Crippen LogP contribution in [0.5, 0.6) is 0 Å². The highest BCUT2D eigenvalue weighted by atomic mass is 35.5. The van der Waals surface area contributed by atoms with Crippen LogP contribution in [0.3, 0.4) is 0 Å². The third-order valence-corrected chi connectivity index (χ3v) is 4.22. The fourth-order valence-electron chi connectivity index (χ4n) is 2.56. The zero-order valence-corrected chi connectivity index (χ0v) is 15.0. The van der Waals surface area contributed by atoms with Crippen molar-refractivity contribution in [3.05, 3.63) is 64.9 Å². The molecule has 8 nitrogen and oxygen atoms in total. The van der Waals surface area contributed by atoms with Crippen molar-refractivity contribution in [2.45, 2.75) is 0 Å². The van der Waals surface area contributed by atoms with Gasteiger partial charge in [0.25, 0.3) is 11.8 Å². The highest BCUT2D eigenvalue weighted by Gasteiger charge is 2.35. The molecule has 0 radical (unpaired) electrons. The minimum atomic E-state index is -1.18. The van der Waals surface area contributed by atoms with E-state index in [2.05, 4.69) is 11.9 Å². The van der Waals surface area contributed by atoms with Gasteiger partial charge < -0.3 is 9.52 Å². The molecule has 28 heavy (non-hydrogen) atoms. The van der Waals surface area contributed by atoms with Crippen molar-refractivity contribution in [3.63, 3.8) is 0 Å². The Morgan fingerprint density at radius 2 is 2.00 bits per heavy atom. The number of benzene rings is 1. The average molecular weight is 401 g/mol. The molecule has 0 unspecified atom stereocenters. The number of carboxylic acid groups (broad SMARTS) is 1. The first-order valence-electron chi connectivity index (χ1n) is 7.94. The molecule has 1 aromatic carbocycles. The molecule has 0 spiro atoms. The number of urea groups is 1. The number of imide groups is 2. The summed E-state index contributed by atoms with van der Waals surface area (Å²) in [7, 11) is 0. The summed E-state index contributed by atoms with van der Waals surface area (Å²) in [4.78, 5) is 48.2. The molecule has 0 atom stereocenters. The normalized spacial score (nSPS) is 15.7. The van der Waals surface area contributed by atoms with Crippen LogP contribution in [0, 0.1) is 0 Å². The Morgan fingerprint density at radius 3 is 2.68 bits per heavy atom. The molecule has 142 valence electrons. The summed E-state index contributed by atoms with van der Waals surface area (Å²) in [5.74, 6) is -2.31. The second kappa shape index (κ2) is 7.53. The van der Waals surface area contributed by atoms with Gasteiger partial charge in [0.2, 0.25) is 0 Å². The molecular weight excluding hydrogens is 388 g/mol. The lowest BCUT2D eigenvalue weighted by Gasteiger charge is -2.24. The molecule has 4 amide bonds. The van der Waals surface area contributed by atoms with Crippen molar-refractivity contribution in [3.8, 4) is 11.3 Å². The lowest BCUT2D eigenvalue weighted by molar-refractivity contribution is -0.129. The Balaban J connectivity index is 1.94. The lowest BCUT2D eigenvalue weighted by Crippen LogP contribution is -2.54. The number of nitrogens with one attached hydrogen (secondary N) is 1. The Bertz CT molecular complexity index is 1050. The van der Waals surface area contributed by atoms with Gasteiger partial charge in [-0.05, 0) is 36.4 Å². The van der Waals surface area contributed by atoms with E-state index in [0.29, 0.717) is 11.3 Å². The maximum Gasteiger partial charge on any atom is 0.337 e. The van der Waals surface area contributed by atoms with Crippen molar-refractivity contribution < 1.29 is 28.7 Å². The number of aromatic carboxylic acids is 1. The van der Waals surface area contributed by atoms with Crippen LogP contribution in [0.2, 0.25) is 5.02 Å². The number of carboxylic acids is 1. The number of rotatable bonds is 5. The maximum atomic E-state index is 12.4. The van der Waals surface area contributed by atoms with Gasteiger partial charge in [0.1, 0.15) is 17.1 Å². The second-order valence-electron chi connectivity index (χ2n) is 5.72. The molecule has 2 N–H and O–H groups in total. The topological polar surface area (TPSA) is 117 Å². The van der Waals surface area contributed by atoms with Gasteiger partial charge in [-0.15, -0.1) is 6.58 Å². The number of hydrogen-bond acceptors (Lipinski definition) is 5. The number of barbiturate groups is 1. The number of hydrogen-bond donors (Lipinski definition) is 2. The minimum absolute atomic E-state index is 0.0541. The summed E-state index contributed by atoms with van der Waals surface area (Å²) in [5, 5.41) is 11.3. The number of carbonyl (C=O) groups excluding carboxylic acids is 3. The Hall–Kier alpha value is -3.65.